The molecule has 3 heterocycles. The molecular weight excluding hydrogens is 468 g/mol. The molecule has 7 heteroatoms. The Bertz CT molecular complexity index is 1070. The Balaban J connectivity index is 1.66. The zero-order valence-corrected chi connectivity index (χ0v) is 23.5. The first-order valence-corrected chi connectivity index (χ1v) is 16.0. The lowest BCUT2D eigenvalue weighted by Crippen LogP contribution is -2.65. The number of amides is 1. The number of carbonyl (C=O) groups excluding carboxylic acids is 2. The molecule has 1 aliphatic carbocycles. The van der Waals surface area contributed by atoms with Crippen LogP contribution in [0.25, 0.3) is 6.08 Å². The normalized spacial score (nSPS) is 26.9. The van der Waals surface area contributed by atoms with Gasteiger partial charge in [0.05, 0.1) is 18.1 Å². The average Bonchev–Trinajstić information content (AvgIpc) is 3.12. The number of nitrogens with zero attached hydrogens (tertiary/aromatic N) is 2. The van der Waals surface area contributed by atoms with Crippen LogP contribution in [0.3, 0.4) is 0 Å². The van der Waals surface area contributed by atoms with E-state index >= 15 is 0 Å². The third-order valence-corrected chi connectivity index (χ3v) is 13.1. The van der Waals surface area contributed by atoms with E-state index in [1.807, 2.05) is 19.1 Å². The molecule has 3 aliphatic rings. The van der Waals surface area contributed by atoms with Gasteiger partial charge in [-0.1, -0.05) is 52.0 Å². The molecule has 6 nitrogen and oxygen atoms in total. The molecule has 36 heavy (non-hydrogen) atoms. The second kappa shape index (κ2) is 10.1. The van der Waals surface area contributed by atoms with Crippen molar-refractivity contribution in [3.63, 3.8) is 0 Å². The van der Waals surface area contributed by atoms with Crippen molar-refractivity contribution in [3.8, 4) is 0 Å². The Labute approximate surface area is 216 Å². The fourth-order valence-corrected chi connectivity index (χ4v) is 7.15. The molecule has 1 aromatic rings. The summed E-state index contributed by atoms with van der Waals surface area (Å²) in [6.07, 6.45) is 12.1. The Morgan fingerprint density at radius 3 is 2.61 bits per heavy atom. The van der Waals surface area contributed by atoms with E-state index in [0.717, 1.165) is 30.4 Å². The van der Waals surface area contributed by atoms with Gasteiger partial charge in [-0.3, -0.25) is 9.78 Å². The van der Waals surface area contributed by atoms with E-state index in [9.17, 15) is 9.59 Å². The van der Waals surface area contributed by atoms with Crippen LogP contribution in [0, 0.1) is 17.8 Å². The van der Waals surface area contributed by atoms with Gasteiger partial charge >= 0.3 is 5.97 Å². The summed E-state index contributed by atoms with van der Waals surface area (Å²) >= 11 is 0. The minimum Gasteiger partial charge on any atom is -0.457 e. The van der Waals surface area contributed by atoms with E-state index in [0.29, 0.717) is 5.70 Å². The number of aromatic nitrogens is 1. The van der Waals surface area contributed by atoms with Gasteiger partial charge in [0.15, 0.2) is 8.32 Å². The Morgan fingerprint density at radius 2 is 1.97 bits per heavy atom. The van der Waals surface area contributed by atoms with Gasteiger partial charge in [-0.2, -0.15) is 0 Å². The summed E-state index contributed by atoms with van der Waals surface area (Å²) in [4.78, 5) is 32.7. The fourth-order valence-electron chi connectivity index (χ4n) is 5.72. The molecule has 1 saturated carbocycles. The molecule has 2 aliphatic heterocycles. The van der Waals surface area contributed by atoms with Crippen molar-refractivity contribution in [2.24, 2.45) is 17.8 Å². The number of pyridine rings is 1. The standard InChI is InChI=1S/C29H40N2O4Si/c1-8-18-34-28(33)26-24-21(13-12-20-14-16-30-17-15-20)10-9-11-22(24)25-23(27(32)31(25)26)19(2)35-36(6,7)29(3,4)5/h8,12-17,19,21-23,25H,1,9-11,18H2,2-7H3/b13-12+/t19-,21-,22+,23-,25-/m1/s1. The molecule has 0 spiro atoms. The first-order valence-electron chi connectivity index (χ1n) is 13.1. The van der Waals surface area contributed by atoms with E-state index in [-0.39, 0.29) is 47.5 Å². The van der Waals surface area contributed by atoms with Gasteiger partial charge < -0.3 is 14.1 Å². The van der Waals surface area contributed by atoms with Crippen molar-refractivity contribution >= 4 is 26.3 Å². The minimum absolute atomic E-state index is 0.0180. The van der Waals surface area contributed by atoms with Crippen molar-refractivity contribution in [2.45, 2.75) is 77.2 Å². The van der Waals surface area contributed by atoms with Gasteiger partial charge in [-0.15, -0.1) is 0 Å². The third-order valence-electron chi connectivity index (χ3n) is 8.49. The second-order valence-corrected chi connectivity index (χ2v) is 16.5. The van der Waals surface area contributed by atoms with Crippen LogP contribution in [0.4, 0.5) is 0 Å². The van der Waals surface area contributed by atoms with Crippen LogP contribution >= 0.6 is 0 Å². The van der Waals surface area contributed by atoms with Gasteiger partial charge in [-0.05, 0) is 61.2 Å². The highest BCUT2D eigenvalue weighted by Crippen LogP contribution is 2.55. The summed E-state index contributed by atoms with van der Waals surface area (Å²) in [7, 11) is -2.05. The van der Waals surface area contributed by atoms with Crippen LogP contribution in [-0.4, -0.2) is 48.8 Å². The summed E-state index contributed by atoms with van der Waals surface area (Å²) < 4.78 is 12.2. The molecule has 194 valence electrons. The van der Waals surface area contributed by atoms with Crippen molar-refractivity contribution < 1.29 is 18.8 Å². The highest BCUT2D eigenvalue weighted by molar-refractivity contribution is 6.74. The zero-order chi connectivity index (χ0) is 26.3. The molecule has 1 amide bonds. The average molecular weight is 509 g/mol. The van der Waals surface area contributed by atoms with Crippen LogP contribution in [-0.2, 0) is 18.8 Å². The molecule has 1 aromatic heterocycles. The van der Waals surface area contributed by atoms with Crippen LogP contribution in [0.5, 0.6) is 0 Å². The van der Waals surface area contributed by atoms with Gasteiger partial charge in [-0.25, -0.2) is 4.79 Å². The number of hydrogen-bond donors (Lipinski definition) is 0. The molecule has 1 saturated heterocycles. The van der Waals surface area contributed by atoms with E-state index in [4.69, 9.17) is 9.16 Å². The first-order chi connectivity index (χ1) is 17.0. The van der Waals surface area contributed by atoms with Crippen LogP contribution in [0.2, 0.25) is 18.1 Å². The summed E-state index contributed by atoms with van der Waals surface area (Å²) in [5.41, 5.74) is 2.58. The van der Waals surface area contributed by atoms with Gasteiger partial charge in [0.2, 0.25) is 5.91 Å². The topological polar surface area (TPSA) is 68.7 Å². The molecule has 4 rings (SSSR count). The minimum atomic E-state index is -2.05. The molecule has 0 N–H and O–H groups in total. The molecule has 0 aromatic carbocycles. The van der Waals surface area contributed by atoms with Gasteiger partial charge in [0.25, 0.3) is 0 Å². The van der Waals surface area contributed by atoms with Crippen molar-refractivity contribution in [1.82, 2.24) is 9.88 Å². The number of hydrogen-bond acceptors (Lipinski definition) is 5. The summed E-state index contributed by atoms with van der Waals surface area (Å²) in [6.45, 7) is 16.9. The largest absolute Gasteiger partial charge is 0.457 e. The number of fused-ring (bicyclic) bond motifs is 3. The highest BCUT2D eigenvalue weighted by Gasteiger charge is 2.63. The molecule has 5 atom stereocenters. The monoisotopic (exact) mass is 508 g/mol. The predicted molar refractivity (Wildman–Crippen MR) is 144 cm³/mol. The molecule has 0 radical (unpaired) electrons. The molecule has 2 fully saturated rings. The van der Waals surface area contributed by atoms with Crippen LogP contribution < -0.4 is 0 Å². The summed E-state index contributed by atoms with van der Waals surface area (Å²) in [5, 5.41) is 0.0557. The Kier molecular flexibility index (Phi) is 7.44. The number of carbonyl (C=O) groups is 2. The lowest BCUT2D eigenvalue weighted by molar-refractivity contribution is -0.163. The maximum absolute atomic E-state index is 13.6. The SMILES string of the molecule is C=CCOC(=O)C1=C2[C@@H](/C=C/c3ccncc3)CCC[C@@H]2[C@@H]2[C@@H]([C@@H](C)O[Si](C)(C)C(C)(C)C)C(=O)N12. The lowest BCUT2D eigenvalue weighted by atomic mass is 9.69. The van der Waals surface area contributed by atoms with E-state index < -0.39 is 14.3 Å². The number of ether oxygens (including phenoxy) is 1. The zero-order valence-electron chi connectivity index (χ0n) is 22.5. The maximum Gasteiger partial charge on any atom is 0.355 e. The van der Waals surface area contributed by atoms with Crippen LogP contribution in [0.15, 0.2) is 54.5 Å². The summed E-state index contributed by atoms with van der Waals surface area (Å²) in [5.74, 6) is -0.460. The number of β-lactam (4-membered cyclic amide) rings is 1. The van der Waals surface area contributed by atoms with Crippen molar-refractivity contribution in [2.75, 3.05) is 6.61 Å². The highest BCUT2D eigenvalue weighted by atomic mass is 28.4. The Morgan fingerprint density at radius 1 is 1.28 bits per heavy atom. The first kappa shape index (κ1) is 26.5. The lowest BCUT2D eigenvalue weighted by Gasteiger charge is -2.51. The van der Waals surface area contributed by atoms with E-state index in [2.05, 4.69) is 57.6 Å². The molecule has 0 bridgehead atoms. The number of esters is 1. The third kappa shape index (κ3) is 4.75. The second-order valence-electron chi connectivity index (χ2n) is 11.8. The van der Waals surface area contributed by atoms with Gasteiger partial charge in [0.1, 0.15) is 12.3 Å². The molecular formula is C29H40N2O4Si. The van der Waals surface area contributed by atoms with Crippen molar-refractivity contribution in [3.05, 3.63) is 60.1 Å². The smallest absolute Gasteiger partial charge is 0.355 e. The predicted octanol–water partition coefficient (Wildman–Crippen LogP) is 5.75. The van der Waals surface area contributed by atoms with Crippen LogP contribution in [0.1, 0.15) is 52.5 Å². The van der Waals surface area contributed by atoms with E-state index in [1.54, 1.807) is 23.4 Å². The molecule has 0 unspecified atom stereocenters. The fraction of sp³-hybridized carbons (Fsp3) is 0.552. The summed E-state index contributed by atoms with van der Waals surface area (Å²) in [6, 6.07) is 3.88. The van der Waals surface area contributed by atoms with Crippen molar-refractivity contribution in [1.29, 1.82) is 0 Å². The quantitative estimate of drug-likeness (QED) is 0.194. The number of rotatable bonds is 8. The Hall–Kier alpha value is -2.51. The van der Waals surface area contributed by atoms with Gasteiger partial charge in [0, 0.05) is 24.2 Å². The van der Waals surface area contributed by atoms with E-state index in [1.165, 1.54) is 0 Å². The maximum atomic E-state index is 13.6. The number of allylic oxidation sites excluding steroid dienone is 1.